The summed E-state index contributed by atoms with van der Waals surface area (Å²) in [6.07, 6.45) is 0. The van der Waals surface area contributed by atoms with E-state index in [1.165, 1.54) is 72.0 Å². The van der Waals surface area contributed by atoms with Crippen LogP contribution in [0.1, 0.15) is 0 Å². The van der Waals surface area contributed by atoms with Crippen molar-refractivity contribution in [1.29, 1.82) is 0 Å². The second kappa shape index (κ2) is 12.8. The first-order valence-electron chi connectivity index (χ1n) is 17.1. The van der Waals surface area contributed by atoms with Crippen molar-refractivity contribution in [1.82, 2.24) is 4.57 Å². The Morgan fingerprint density at radius 1 is 0.300 bits per heavy atom. The van der Waals surface area contributed by atoms with E-state index >= 15 is 0 Å². The van der Waals surface area contributed by atoms with E-state index in [0.717, 1.165) is 11.4 Å². The van der Waals surface area contributed by atoms with E-state index in [4.69, 9.17) is 0 Å². The number of anilines is 2. The van der Waals surface area contributed by atoms with Gasteiger partial charge in [0, 0.05) is 27.8 Å². The zero-order valence-corrected chi connectivity index (χ0v) is 27.5. The summed E-state index contributed by atoms with van der Waals surface area (Å²) in [5, 5.41) is 6.08. The third-order valence-electron chi connectivity index (χ3n) is 9.63. The van der Waals surface area contributed by atoms with Gasteiger partial charge in [0.25, 0.3) is 0 Å². The molecule has 236 valence electrons. The molecule has 0 radical (unpaired) electrons. The molecule has 0 spiro atoms. The highest BCUT2D eigenvalue weighted by Crippen LogP contribution is 2.39. The monoisotopic (exact) mass is 638 g/mol. The normalized spacial score (nSPS) is 11.2. The maximum atomic E-state index is 3.53. The minimum Gasteiger partial charge on any atom is -0.356 e. The summed E-state index contributed by atoms with van der Waals surface area (Å²) in [5.74, 6) is 0. The average molecular weight is 639 g/mol. The number of nitrogens with zero attached hydrogens (tertiary/aromatic N) is 1. The van der Waals surface area contributed by atoms with Crippen molar-refractivity contribution in [3.05, 3.63) is 200 Å². The van der Waals surface area contributed by atoms with E-state index in [2.05, 4.69) is 204 Å². The lowest BCUT2D eigenvalue weighted by molar-refractivity contribution is 1.18. The van der Waals surface area contributed by atoms with Gasteiger partial charge < -0.3 is 9.88 Å². The van der Waals surface area contributed by atoms with E-state index in [0.29, 0.717) is 0 Å². The molecule has 0 aliphatic heterocycles. The van der Waals surface area contributed by atoms with Crippen LogP contribution >= 0.6 is 0 Å². The third kappa shape index (κ3) is 5.53. The summed E-state index contributed by atoms with van der Waals surface area (Å²) in [6, 6.07) is 71.6. The zero-order valence-electron chi connectivity index (χ0n) is 27.5. The Labute approximate surface area is 292 Å². The van der Waals surface area contributed by atoms with Gasteiger partial charge in [0.05, 0.1) is 11.0 Å². The molecular weight excluding hydrogens is 605 g/mol. The molecule has 1 aromatic heterocycles. The number of para-hydroxylation sites is 2. The molecule has 2 nitrogen and oxygen atoms in total. The standard InChI is InChI=1S/C48H34N2/c1-3-10-34(11-4-1)38-26-30-41(31-27-38)49-42-32-28-39(29-33-42)36-20-18-35(19-21-36)37-22-24-40(25-23-37)44-15-9-17-47-48(44)45-14-7-8-16-46(45)50(47)43-12-5-2-6-13-43/h1-33,49H. The van der Waals surface area contributed by atoms with Crippen molar-refractivity contribution in [3.63, 3.8) is 0 Å². The van der Waals surface area contributed by atoms with Gasteiger partial charge in [-0.1, -0.05) is 152 Å². The van der Waals surface area contributed by atoms with Gasteiger partial charge in [-0.15, -0.1) is 0 Å². The Morgan fingerprint density at radius 2 is 0.720 bits per heavy atom. The van der Waals surface area contributed by atoms with Crippen LogP contribution in [-0.4, -0.2) is 4.57 Å². The fourth-order valence-electron chi connectivity index (χ4n) is 7.10. The van der Waals surface area contributed by atoms with Gasteiger partial charge in [0.1, 0.15) is 0 Å². The van der Waals surface area contributed by atoms with Gasteiger partial charge in [0.15, 0.2) is 0 Å². The molecule has 0 saturated heterocycles. The van der Waals surface area contributed by atoms with Crippen LogP contribution < -0.4 is 5.32 Å². The lowest BCUT2D eigenvalue weighted by Gasteiger charge is -2.10. The highest BCUT2D eigenvalue weighted by atomic mass is 15.0. The number of fused-ring (bicyclic) bond motifs is 3. The van der Waals surface area contributed by atoms with E-state index in [1.54, 1.807) is 0 Å². The molecular formula is C48H34N2. The van der Waals surface area contributed by atoms with Crippen LogP contribution in [0, 0.1) is 0 Å². The van der Waals surface area contributed by atoms with Gasteiger partial charge in [0.2, 0.25) is 0 Å². The van der Waals surface area contributed by atoms with Crippen LogP contribution in [0.25, 0.3) is 72.0 Å². The quantitative estimate of drug-likeness (QED) is 0.184. The maximum absolute atomic E-state index is 3.53. The highest BCUT2D eigenvalue weighted by Gasteiger charge is 2.15. The fourth-order valence-corrected chi connectivity index (χ4v) is 7.10. The largest absolute Gasteiger partial charge is 0.356 e. The molecule has 1 heterocycles. The second-order valence-electron chi connectivity index (χ2n) is 12.7. The van der Waals surface area contributed by atoms with Crippen molar-refractivity contribution in [2.75, 3.05) is 5.32 Å². The Kier molecular flexibility index (Phi) is 7.53. The van der Waals surface area contributed by atoms with Gasteiger partial charge in [-0.3, -0.25) is 0 Å². The minimum atomic E-state index is 1.07. The lowest BCUT2D eigenvalue weighted by Crippen LogP contribution is -1.92. The fraction of sp³-hybridized carbons (Fsp3) is 0. The molecule has 2 heteroatoms. The first kappa shape index (κ1) is 29.5. The van der Waals surface area contributed by atoms with Gasteiger partial charge >= 0.3 is 0 Å². The van der Waals surface area contributed by atoms with Crippen molar-refractivity contribution < 1.29 is 0 Å². The molecule has 50 heavy (non-hydrogen) atoms. The van der Waals surface area contributed by atoms with Crippen molar-refractivity contribution >= 4 is 33.2 Å². The Morgan fingerprint density at radius 3 is 1.28 bits per heavy atom. The van der Waals surface area contributed by atoms with E-state index in [1.807, 2.05) is 6.07 Å². The Balaban J connectivity index is 0.937. The summed E-state index contributed by atoms with van der Waals surface area (Å²) < 4.78 is 2.37. The first-order chi connectivity index (χ1) is 24.8. The zero-order chi connectivity index (χ0) is 33.3. The molecule has 9 aromatic rings. The number of hydrogen-bond acceptors (Lipinski definition) is 1. The van der Waals surface area contributed by atoms with Crippen LogP contribution in [0.4, 0.5) is 11.4 Å². The first-order valence-corrected chi connectivity index (χ1v) is 17.1. The van der Waals surface area contributed by atoms with Crippen LogP contribution in [0.3, 0.4) is 0 Å². The van der Waals surface area contributed by atoms with Crippen LogP contribution in [0.15, 0.2) is 200 Å². The smallest absolute Gasteiger partial charge is 0.0547 e. The number of hydrogen-bond donors (Lipinski definition) is 1. The van der Waals surface area contributed by atoms with E-state index in [-0.39, 0.29) is 0 Å². The molecule has 1 N–H and O–H groups in total. The molecule has 0 unspecified atom stereocenters. The molecule has 0 amide bonds. The summed E-state index contributed by atoms with van der Waals surface area (Å²) in [5.41, 5.74) is 15.5. The molecule has 0 atom stereocenters. The van der Waals surface area contributed by atoms with Crippen molar-refractivity contribution in [2.45, 2.75) is 0 Å². The highest BCUT2D eigenvalue weighted by molar-refractivity contribution is 6.15. The summed E-state index contributed by atoms with van der Waals surface area (Å²) in [7, 11) is 0. The molecule has 0 bridgehead atoms. The minimum absolute atomic E-state index is 1.07. The number of nitrogens with one attached hydrogen (secondary N) is 1. The molecule has 9 rings (SSSR count). The van der Waals surface area contributed by atoms with Gasteiger partial charge in [-0.25, -0.2) is 0 Å². The van der Waals surface area contributed by atoms with Gasteiger partial charge in [-0.05, 0) is 93.0 Å². The van der Waals surface area contributed by atoms with Crippen molar-refractivity contribution in [3.8, 4) is 50.2 Å². The van der Waals surface area contributed by atoms with Crippen molar-refractivity contribution in [2.24, 2.45) is 0 Å². The van der Waals surface area contributed by atoms with Crippen LogP contribution in [-0.2, 0) is 0 Å². The van der Waals surface area contributed by atoms with Crippen LogP contribution in [0.2, 0.25) is 0 Å². The van der Waals surface area contributed by atoms with E-state index in [9.17, 15) is 0 Å². The predicted octanol–water partition coefficient (Wildman–Crippen LogP) is 13.2. The molecule has 0 saturated carbocycles. The summed E-state index contributed by atoms with van der Waals surface area (Å²) >= 11 is 0. The SMILES string of the molecule is c1ccc(-c2ccc(Nc3ccc(-c4ccc(-c5ccc(-c6cccc7c6c6ccccc6n7-c6ccccc6)cc5)cc4)cc3)cc2)cc1. The lowest BCUT2D eigenvalue weighted by atomic mass is 9.96. The maximum Gasteiger partial charge on any atom is 0.0547 e. The Hall–Kier alpha value is -6.64. The molecule has 0 aliphatic rings. The topological polar surface area (TPSA) is 17.0 Å². The predicted molar refractivity (Wildman–Crippen MR) is 212 cm³/mol. The third-order valence-corrected chi connectivity index (χ3v) is 9.63. The molecule has 0 aliphatic carbocycles. The van der Waals surface area contributed by atoms with E-state index < -0.39 is 0 Å². The summed E-state index contributed by atoms with van der Waals surface area (Å²) in [6.45, 7) is 0. The molecule has 0 fully saturated rings. The molecule has 8 aromatic carbocycles. The average Bonchev–Trinajstić information content (AvgIpc) is 3.54. The van der Waals surface area contributed by atoms with Gasteiger partial charge in [-0.2, -0.15) is 0 Å². The number of benzene rings is 8. The number of rotatable bonds is 7. The summed E-state index contributed by atoms with van der Waals surface area (Å²) in [4.78, 5) is 0. The second-order valence-corrected chi connectivity index (χ2v) is 12.7. The Bertz CT molecular complexity index is 2550. The van der Waals surface area contributed by atoms with Crippen LogP contribution in [0.5, 0.6) is 0 Å². The number of aromatic nitrogens is 1.